The van der Waals surface area contributed by atoms with E-state index >= 15 is 0 Å². The number of benzene rings is 1. The Morgan fingerprint density at radius 3 is 2.50 bits per heavy atom. The first kappa shape index (κ1) is 13.8. The van der Waals surface area contributed by atoms with Gasteiger partial charge < -0.3 is 9.80 Å². The van der Waals surface area contributed by atoms with Crippen molar-refractivity contribution in [3.63, 3.8) is 0 Å². The minimum Gasteiger partial charge on any atom is -0.352 e. The first-order valence-electron chi connectivity index (χ1n) is 7.72. The van der Waals surface area contributed by atoms with Crippen LogP contribution in [0.15, 0.2) is 35.5 Å². The van der Waals surface area contributed by atoms with Gasteiger partial charge in [-0.05, 0) is 12.1 Å². The number of aromatic nitrogens is 2. The Kier molecular flexibility index (Phi) is 3.62. The molecule has 2 aliphatic heterocycles. The number of amidine groups is 1. The highest BCUT2D eigenvalue weighted by Gasteiger charge is 2.25. The molecule has 2 aromatic rings. The van der Waals surface area contributed by atoms with E-state index in [0.717, 1.165) is 49.6 Å². The van der Waals surface area contributed by atoms with Gasteiger partial charge in [0.05, 0.1) is 23.8 Å². The van der Waals surface area contributed by atoms with Crippen LogP contribution in [0, 0.1) is 0 Å². The maximum atomic E-state index is 4.74. The van der Waals surface area contributed by atoms with E-state index in [1.54, 1.807) is 0 Å². The monoisotopic (exact) mass is 313 g/mol. The van der Waals surface area contributed by atoms with Gasteiger partial charge in [-0.1, -0.05) is 30.8 Å². The summed E-state index contributed by atoms with van der Waals surface area (Å²) in [7, 11) is 0. The summed E-state index contributed by atoms with van der Waals surface area (Å²) in [5.41, 5.74) is 1.92. The van der Waals surface area contributed by atoms with Crippen LogP contribution in [-0.2, 0) is 0 Å². The third kappa shape index (κ3) is 2.63. The molecule has 1 aromatic heterocycles. The number of hydrogen-bond acceptors (Lipinski definition) is 6. The van der Waals surface area contributed by atoms with Crippen molar-refractivity contribution in [3.8, 4) is 0 Å². The highest BCUT2D eigenvalue weighted by atomic mass is 32.2. The molecule has 0 amide bonds. The van der Waals surface area contributed by atoms with Crippen molar-refractivity contribution in [2.45, 2.75) is 12.2 Å². The predicted octanol–water partition coefficient (Wildman–Crippen LogP) is 2.24. The molecule has 1 unspecified atom stereocenters. The summed E-state index contributed by atoms with van der Waals surface area (Å²) in [6.45, 7) is 7.15. The molecule has 0 saturated carbocycles. The maximum absolute atomic E-state index is 4.74. The van der Waals surface area contributed by atoms with Gasteiger partial charge in [-0.15, -0.1) is 0 Å². The van der Waals surface area contributed by atoms with E-state index in [0.29, 0.717) is 5.25 Å². The average molecular weight is 313 g/mol. The molecule has 1 saturated heterocycles. The van der Waals surface area contributed by atoms with Crippen molar-refractivity contribution in [1.82, 2.24) is 14.9 Å². The summed E-state index contributed by atoms with van der Waals surface area (Å²) in [6, 6.07) is 8.03. The number of hydrogen-bond donors (Lipinski definition) is 0. The Hall–Kier alpha value is -1.82. The molecule has 0 bridgehead atoms. The van der Waals surface area contributed by atoms with Crippen molar-refractivity contribution in [1.29, 1.82) is 0 Å². The summed E-state index contributed by atoms with van der Waals surface area (Å²) in [5.74, 6) is 0.979. The summed E-state index contributed by atoms with van der Waals surface area (Å²) in [4.78, 5) is 18.6. The summed E-state index contributed by atoms with van der Waals surface area (Å²) in [6.07, 6.45) is 1.89. The van der Waals surface area contributed by atoms with Gasteiger partial charge in [0.1, 0.15) is 5.82 Å². The van der Waals surface area contributed by atoms with Gasteiger partial charge >= 0.3 is 0 Å². The van der Waals surface area contributed by atoms with Gasteiger partial charge in [0.15, 0.2) is 5.17 Å². The number of nitrogens with zero attached hydrogens (tertiary/aromatic N) is 5. The molecule has 1 fully saturated rings. The third-order valence-electron chi connectivity index (χ3n) is 4.10. The van der Waals surface area contributed by atoms with Crippen LogP contribution in [0.25, 0.3) is 11.0 Å². The largest absolute Gasteiger partial charge is 0.352 e. The van der Waals surface area contributed by atoms with Gasteiger partial charge in [-0.2, -0.15) is 0 Å². The molecule has 0 radical (unpaired) electrons. The minimum absolute atomic E-state index is 0.624. The summed E-state index contributed by atoms with van der Waals surface area (Å²) >= 11 is 1.90. The van der Waals surface area contributed by atoms with Gasteiger partial charge in [0.2, 0.25) is 0 Å². The molecule has 0 spiro atoms. The smallest absolute Gasteiger partial charge is 0.159 e. The lowest BCUT2D eigenvalue weighted by atomic mass is 10.3. The molecule has 114 valence electrons. The second-order valence-electron chi connectivity index (χ2n) is 5.74. The Labute approximate surface area is 134 Å². The zero-order valence-electron chi connectivity index (χ0n) is 12.6. The Morgan fingerprint density at radius 1 is 1.05 bits per heavy atom. The third-order valence-corrected chi connectivity index (χ3v) is 5.25. The number of fused-ring (bicyclic) bond motifs is 1. The molecule has 6 heteroatoms. The molecule has 22 heavy (non-hydrogen) atoms. The fourth-order valence-corrected chi connectivity index (χ4v) is 3.85. The molecule has 5 nitrogen and oxygen atoms in total. The molecule has 1 atom stereocenters. The highest BCUT2D eigenvalue weighted by Crippen LogP contribution is 2.24. The van der Waals surface area contributed by atoms with Crippen LogP contribution in [0.5, 0.6) is 0 Å². The normalized spacial score (nSPS) is 22.2. The van der Waals surface area contributed by atoms with E-state index in [1.165, 1.54) is 5.17 Å². The van der Waals surface area contributed by atoms with E-state index in [2.05, 4.69) is 26.7 Å². The first-order valence-corrected chi connectivity index (χ1v) is 8.60. The van der Waals surface area contributed by atoms with Gasteiger partial charge in [0.25, 0.3) is 0 Å². The Morgan fingerprint density at radius 2 is 1.77 bits per heavy atom. The van der Waals surface area contributed by atoms with Crippen molar-refractivity contribution in [2.75, 3.05) is 37.6 Å². The Bertz CT molecular complexity index is 709. The second kappa shape index (κ2) is 5.76. The van der Waals surface area contributed by atoms with E-state index < -0.39 is 0 Å². The van der Waals surface area contributed by atoms with Crippen LogP contribution < -0.4 is 4.90 Å². The maximum Gasteiger partial charge on any atom is 0.159 e. The van der Waals surface area contributed by atoms with Crippen molar-refractivity contribution >= 4 is 33.8 Å². The average Bonchev–Trinajstić information content (AvgIpc) is 3.01. The molecule has 0 aliphatic carbocycles. The van der Waals surface area contributed by atoms with Crippen LogP contribution in [0.1, 0.15) is 6.92 Å². The number of anilines is 1. The lowest BCUT2D eigenvalue weighted by Crippen LogP contribution is -2.48. The number of para-hydroxylation sites is 2. The van der Waals surface area contributed by atoms with Crippen molar-refractivity contribution in [3.05, 3.63) is 30.5 Å². The van der Waals surface area contributed by atoms with E-state index in [9.17, 15) is 0 Å². The molecule has 3 heterocycles. The minimum atomic E-state index is 0.624. The number of aliphatic imine (C=N–C) groups is 1. The van der Waals surface area contributed by atoms with Gasteiger partial charge in [-0.3, -0.25) is 9.98 Å². The second-order valence-corrected chi connectivity index (χ2v) is 7.15. The van der Waals surface area contributed by atoms with E-state index in [1.807, 2.05) is 42.2 Å². The van der Waals surface area contributed by atoms with Gasteiger partial charge in [0, 0.05) is 31.4 Å². The standard InChI is InChI=1S/C16H19N5S/c1-12-10-18-16(22-12)21-8-6-20(7-9-21)15-11-17-13-4-2-3-5-14(13)19-15/h2-5,11-12H,6-10H2,1H3. The van der Waals surface area contributed by atoms with Crippen LogP contribution in [0.3, 0.4) is 0 Å². The number of thioether (sulfide) groups is 1. The predicted molar refractivity (Wildman–Crippen MR) is 92.7 cm³/mol. The zero-order chi connectivity index (χ0) is 14.9. The van der Waals surface area contributed by atoms with Crippen LogP contribution in [-0.4, -0.2) is 58.0 Å². The fourth-order valence-electron chi connectivity index (χ4n) is 2.86. The summed E-state index contributed by atoms with van der Waals surface area (Å²) < 4.78 is 0. The van der Waals surface area contributed by atoms with E-state index in [4.69, 9.17) is 4.98 Å². The first-order chi connectivity index (χ1) is 10.8. The fraction of sp³-hybridized carbons (Fsp3) is 0.438. The molecular formula is C16H19N5S. The van der Waals surface area contributed by atoms with Crippen molar-refractivity contribution in [2.24, 2.45) is 4.99 Å². The van der Waals surface area contributed by atoms with Crippen LogP contribution >= 0.6 is 11.8 Å². The van der Waals surface area contributed by atoms with Crippen molar-refractivity contribution < 1.29 is 0 Å². The number of piperazine rings is 1. The van der Waals surface area contributed by atoms with Crippen LogP contribution in [0.4, 0.5) is 5.82 Å². The van der Waals surface area contributed by atoms with Gasteiger partial charge in [-0.25, -0.2) is 4.98 Å². The molecule has 1 aromatic carbocycles. The Balaban J connectivity index is 1.46. The lowest BCUT2D eigenvalue weighted by Gasteiger charge is -2.36. The quantitative estimate of drug-likeness (QED) is 0.808. The van der Waals surface area contributed by atoms with Crippen LogP contribution in [0.2, 0.25) is 0 Å². The van der Waals surface area contributed by atoms with E-state index in [-0.39, 0.29) is 0 Å². The summed E-state index contributed by atoms with van der Waals surface area (Å²) in [5, 5.41) is 1.84. The molecule has 4 rings (SSSR count). The lowest BCUT2D eigenvalue weighted by molar-refractivity contribution is 0.391. The molecule has 0 N–H and O–H groups in total. The topological polar surface area (TPSA) is 44.6 Å². The number of rotatable bonds is 1. The SMILES string of the molecule is CC1CN=C(N2CCN(c3cnc4ccccc4n3)CC2)S1. The zero-order valence-corrected chi connectivity index (χ0v) is 13.5. The molecular weight excluding hydrogens is 294 g/mol. The highest BCUT2D eigenvalue weighted by molar-refractivity contribution is 8.14. The molecule has 2 aliphatic rings.